The zero-order chi connectivity index (χ0) is 15.4. The van der Waals surface area contributed by atoms with E-state index >= 15 is 0 Å². The molecule has 0 amide bonds. The van der Waals surface area contributed by atoms with E-state index in [-0.39, 0.29) is 5.56 Å². The molecule has 0 radical (unpaired) electrons. The zero-order valence-corrected chi connectivity index (χ0v) is 12.1. The predicted molar refractivity (Wildman–Crippen MR) is 75.7 cm³/mol. The van der Waals surface area contributed by atoms with E-state index in [4.69, 9.17) is 11.6 Å². The van der Waals surface area contributed by atoms with Crippen LogP contribution in [0.2, 0.25) is 5.02 Å². The average Bonchev–Trinajstić information content (AvgIpc) is 2.47. The topological polar surface area (TPSA) is 24.9 Å². The Bertz CT molecular complexity index is 634. The highest BCUT2D eigenvalue weighted by molar-refractivity contribution is 6.31. The van der Waals surface area contributed by atoms with Gasteiger partial charge in [-0.15, -0.1) is 0 Å². The fourth-order valence-corrected chi connectivity index (χ4v) is 2.33. The number of nitrogens with one attached hydrogen (secondary N) is 1. The van der Waals surface area contributed by atoms with Crippen LogP contribution in [0.5, 0.6) is 0 Å². The highest BCUT2D eigenvalue weighted by atomic mass is 35.5. The van der Waals surface area contributed by atoms with Gasteiger partial charge in [0.1, 0.15) is 0 Å². The maximum absolute atomic E-state index is 13.9. The van der Waals surface area contributed by atoms with Gasteiger partial charge in [0.15, 0.2) is 17.5 Å². The Morgan fingerprint density at radius 2 is 1.95 bits per heavy atom. The van der Waals surface area contributed by atoms with Gasteiger partial charge in [-0.25, -0.2) is 13.2 Å². The molecule has 2 nitrogen and oxygen atoms in total. The molecule has 6 heteroatoms. The Balaban J connectivity index is 2.36. The molecule has 0 aliphatic rings. The Labute approximate surface area is 126 Å². The maximum atomic E-state index is 13.9. The maximum Gasteiger partial charge on any atom is 0.194 e. The fourth-order valence-electron chi connectivity index (χ4n) is 2.14. The summed E-state index contributed by atoms with van der Waals surface area (Å²) in [7, 11) is 0. The van der Waals surface area contributed by atoms with Crippen molar-refractivity contribution < 1.29 is 13.2 Å². The summed E-state index contributed by atoms with van der Waals surface area (Å²) in [6.45, 7) is 2.39. The van der Waals surface area contributed by atoms with Crippen LogP contribution in [0.4, 0.5) is 13.2 Å². The largest absolute Gasteiger partial charge is 0.310 e. The van der Waals surface area contributed by atoms with Crippen molar-refractivity contribution in [2.24, 2.45) is 0 Å². The van der Waals surface area contributed by atoms with Crippen LogP contribution in [0.25, 0.3) is 0 Å². The quantitative estimate of drug-likeness (QED) is 0.842. The molecule has 2 aromatic rings. The van der Waals surface area contributed by atoms with Gasteiger partial charge in [0.05, 0.1) is 5.02 Å². The number of hydrogen-bond donors (Lipinski definition) is 1. The first kappa shape index (κ1) is 15.8. The molecule has 0 fully saturated rings. The Morgan fingerprint density at radius 3 is 2.62 bits per heavy atom. The second-order valence-corrected chi connectivity index (χ2v) is 4.95. The summed E-state index contributed by atoms with van der Waals surface area (Å²) in [5.41, 5.74) is 0.824. The Hall–Kier alpha value is -1.59. The van der Waals surface area contributed by atoms with Crippen LogP contribution in [-0.2, 0) is 6.42 Å². The first-order valence-electron chi connectivity index (χ1n) is 6.49. The van der Waals surface area contributed by atoms with Crippen molar-refractivity contribution in [3.63, 3.8) is 0 Å². The number of benzene rings is 1. The highest BCUT2D eigenvalue weighted by Crippen LogP contribution is 2.26. The molecule has 0 spiro atoms. The summed E-state index contributed by atoms with van der Waals surface area (Å²) in [5, 5.41) is 3.50. The van der Waals surface area contributed by atoms with Gasteiger partial charge in [0, 0.05) is 24.0 Å². The van der Waals surface area contributed by atoms with Gasteiger partial charge < -0.3 is 5.32 Å². The minimum atomic E-state index is -1.46. The molecule has 1 atom stereocenters. The van der Waals surface area contributed by atoms with E-state index in [0.29, 0.717) is 18.0 Å². The van der Waals surface area contributed by atoms with Crippen molar-refractivity contribution in [1.82, 2.24) is 10.3 Å². The van der Waals surface area contributed by atoms with E-state index in [1.807, 2.05) is 6.92 Å². The fraction of sp³-hybridized carbons (Fsp3) is 0.267. The van der Waals surface area contributed by atoms with Crippen molar-refractivity contribution in [3.05, 3.63) is 64.2 Å². The SMILES string of the molecule is CCNC(Cc1ccncc1Cl)c1ccc(F)c(F)c1F. The van der Waals surface area contributed by atoms with Gasteiger partial charge >= 0.3 is 0 Å². The summed E-state index contributed by atoms with van der Waals surface area (Å²) in [6, 6.07) is 3.37. The molecule has 0 saturated carbocycles. The molecule has 0 saturated heterocycles. The molecular formula is C15H14ClF3N2. The van der Waals surface area contributed by atoms with E-state index < -0.39 is 23.5 Å². The lowest BCUT2D eigenvalue weighted by Crippen LogP contribution is -2.24. The van der Waals surface area contributed by atoms with E-state index in [9.17, 15) is 13.2 Å². The average molecular weight is 315 g/mol. The van der Waals surface area contributed by atoms with Crippen molar-refractivity contribution in [3.8, 4) is 0 Å². The third-order valence-electron chi connectivity index (χ3n) is 3.17. The molecule has 2 rings (SSSR count). The zero-order valence-electron chi connectivity index (χ0n) is 11.3. The van der Waals surface area contributed by atoms with Gasteiger partial charge in [-0.05, 0) is 30.7 Å². The van der Waals surface area contributed by atoms with E-state index in [1.54, 1.807) is 12.3 Å². The van der Waals surface area contributed by atoms with E-state index in [0.717, 1.165) is 11.6 Å². The van der Waals surface area contributed by atoms with Crippen LogP contribution < -0.4 is 5.32 Å². The Kier molecular flexibility index (Phi) is 5.20. The van der Waals surface area contributed by atoms with Gasteiger partial charge in [0.25, 0.3) is 0 Å². The second kappa shape index (κ2) is 6.91. The van der Waals surface area contributed by atoms with Crippen molar-refractivity contribution in [1.29, 1.82) is 0 Å². The first-order valence-corrected chi connectivity index (χ1v) is 6.87. The number of pyridine rings is 1. The minimum absolute atomic E-state index is 0.0728. The van der Waals surface area contributed by atoms with E-state index in [2.05, 4.69) is 10.3 Å². The molecule has 0 bridgehead atoms. The first-order chi connectivity index (χ1) is 10.0. The molecule has 0 aliphatic heterocycles. The summed E-state index contributed by atoms with van der Waals surface area (Å²) in [6.07, 6.45) is 3.41. The van der Waals surface area contributed by atoms with Crippen LogP contribution in [0.15, 0.2) is 30.6 Å². The molecule has 1 aromatic carbocycles. The monoisotopic (exact) mass is 314 g/mol. The van der Waals surface area contributed by atoms with Crippen LogP contribution in [0, 0.1) is 17.5 Å². The van der Waals surface area contributed by atoms with E-state index in [1.165, 1.54) is 12.3 Å². The summed E-state index contributed by atoms with van der Waals surface area (Å²) < 4.78 is 40.4. The molecule has 1 unspecified atom stereocenters. The second-order valence-electron chi connectivity index (χ2n) is 4.55. The molecule has 0 aliphatic carbocycles. The Morgan fingerprint density at radius 1 is 1.19 bits per heavy atom. The molecule has 1 N–H and O–H groups in total. The normalized spacial score (nSPS) is 12.4. The molecule has 1 heterocycles. The number of hydrogen-bond acceptors (Lipinski definition) is 2. The van der Waals surface area contributed by atoms with Crippen LogP contribution in [-0.4, -0.2) is 11.5 Å². The van der Waals surface area contributed by atoms with Crippen LogP contribution in [0.1, 0.15) is 24.1 Å². The molecule has 1 aromatic heterocycles. The third-order valence-corrected chi connectivity index (χ3v) is 3.51. The number of halogens is 4. The summed E-state index contributed by atoms with van der Waals surface area (Å²) in [5.74, 6) is -3.84. The highest BCUT2D eigenvalue weighted by Gasteiger charge is 2.21. The molecule has 112 valence electrons. The predicted octanol–water partition coefficient (Wildman–Crippen LogP) is 4.05. The minimum Gasteiger partial charge on any atom is -0.310 e. The van der Waals surface area contributed by atoms with Gasteiger partial charge in [0.2, 0.25) is 0 Å². The van der Waals surface area contributed by atoms with Gasteiger partial charge in [-0.1, -0.05) is 24.6 Å². The summed E-state index contributed by atoms with van der Waals surface area (Å²) in [4.78, 5) is 3.88. The lowest BCUT2D eigenvalue weighted by atomic mass is 9.98. The van der Waals surface area contributed by atoms with Crippen LogP contribution >= 0.6 is 11.6 Å². The van der Waals surface area contributed by atoms with Gasteiger partial charge in [-0.3, -0.25) is 4.98 Å². The smallest absolute Gasteiger partial charge is 0.194 e. The van der Waals surface area contributed by atoms with Crippen molar-refractivity contribution >= 4 is 11.6 Å². The molecule has 21 heavy (non-hydrogen) atoms. The van der Waals surface area contributed by atoms with Gasteiger partial charge in [-0.2, -0.15) is 0 Å². The number of nitrogens with zero attached hydrogens (tertiary/aromatic N) is 1. The lowest BCUT2D eigenvalue weighted by Gasteiger charge is -2.20. The van der Waals surface area contributed by atoms with Crippen molar-refractivity contribution in [2.45, 2.75) is 19.4 Å². The number of aromatic nitrogens is 1. The molecular weight excluding hydrogens is 301 g/mol. The van der Waals surface area contributed by atoms with Crippen molar-refractivity contribution in [2.75, 3.05) is 6.54 Å². The van der Waals surface area contributed by atoms with Crippen LogP contribution in [0.3, 0.4) is 0 Å². The lowest BCUT2D eigenvalue weighted by molar-refractivity contribution is 0.425. The third kappa shape index (κ3) is 3.54. The number of likely N-dealkylation sites (N-methyl/N-ethyl adjacent to an activating group) is 1. The number of rotatable bonds is 5. The standard InChI is InChI=1S/C15H14ClF3N2/c1-2-21-13(7-9-5-6-20-8-11(9)16)10-3-4-12(17)15(19)14(10)18/h3-6,8,13,21H,2,7H2,1H3. The summed E-state index contributed by atoms with van der Waals surface area (Å²) >= 11 is 6.03.